The number of halogens is 4. The van der Waals surface area contributed by atoms with Crippen molar-refractivity contribution >= 4 is 11.7 Å². The molecule has 3 aliphatic heterocycles. The number of piperazine rings is 1. The smallest absolute Gasteiger partial charge is 0.354 e. The van der Waals surface area contributed by atoms with E-state index < -0.39 is 17.9 Å². The second kappa shape index (κ2) is 8.06. The van der Waals surface area contributed by atoms with Crippen molar-refractivity contribution in [3.63, 3.8) is 0 Å². The molecule has 1 aromatic rings. The Morgan fingerprint density at radius 1 is 1.14 bits per heavy atom. The number of hydrogen-bond acceptors (Lipinski definition) is 5. The van der Waals surface area contributed by atoms with Crippen LogP contribution in [-0.4, -0.2) is 84.8 Å². The van der Waals surface area contributed by atoms with Crippen LogP contribution in [0, 0.1) is 0 Å². The summed E-state index contributed by atoms with van der Waals surface area (Å²) < 4.78 is 51.4. The zero-order valence-corrected chi connectivity index (χ0v) is 16.0. The molecular weight excluding hydrogens is 390 g/mol. The molecule has 1 aromatic heterocycles. The van der Waals surface area contributed by atoms with E-state index in [1.165, 1.54) is 6.07 Å². The van der Waals surface area contributed by atoms with Crippen molar-refractivity contribution in [1.82, 2.24) is 20.1 Å². The van der Waals surface area contributed by atoms with Gasteiger partial charge in [-0.2, -0.15) is 13.2 Å². The summed E-state index contributed by atoms with van der Waals surface area (Å²) >= 11 is 0. The van der Waals surface area contributed by atoms with Crippen LogP contribution in [0.15, 0.2) is 18.3 Å². The van der Waals surface area contributed by atoms with E-state index in [1.807, 2.05) is 4.90 Å². The van der Waals surface area contributed by atoms with E-state index in [9.17, 15) is 22.4 Å². The van der Waals surface area contributed by atoms with Crippen LogP contribution in [-0.2, 0) is 11.0 Å². The summed E-state index contributed by atoms with van der Waals surface area (Å²) in [6, 6.07) is 2.44. The van der Waals surface area contributed by atoms with Crippen LogP contribution in [0.5, 0.6) is 0 Å². The second-order valence-electron chi connectivity index (χ2n) is 7.95. The summed E-state index contributed by atoms with van der Waals surface area (Å²) in [7, 11) is 0. The highest BCUT2D eigenvalue weighted by molar-refractivity contribution is 5.82. The molecule has 0 bridgehead atoms. The lowest BCUT2D eigenvalue weighted by Gasteiger charge is -2.38. The van der Waals surface area contributed by atoms with Crippen LogP contribution >= 0.6 is 0 Å². The molecule has 1 unspecified atom stereocenters. The monoisotopic (exact) mass is 415 g/mol. The van der Waals surface area contributed by atoms with Crippen molar-refractivity contribution in [2.75, 3.05) is 50.7 Å². The van der Waals surface area contributed by atoms with Crippen molar-refractivity contribution in [2.24, 2.45) is 0 Å². The zero-order valence-electron chi connectivity index (χ0n) is 16.0. The lowest BCUT2D eigenvalue weighted by molar-refractivity contribution is -0.137. The molecule has 29 heavy (non-hydrogen) atoms. The van der Waals surface area contributed by atoms with Crippen LogP contribution in [0.2, 0.25) is 0 Å². The quantitative estimate of drug-likeness (QED) is 0.759. The van der Waals surface area contributed by atoms with Gasteiger partial charge in [-0.15, -0.1) is 0 Å². The Hall–Kier alpha value is -1.94. The number of pyridine rings is 1. The molecule has 0 spiro atoms. The average molecular weight is 415 g/mol. The molecule has 10 heteroatoms. The molecule has 3 aliphatic rings. The van der Waals surface area contributed by atoms with Gasteiger partial charge in [0.1, 0.15) is 12.0 Å². The molecule has 4 rings (SSSR count). The van der Waals surface area contributed by atoms with Gasteiger partial charge >= 0.3 is 6.18 Å². The maximum Gasteiger partial charge on any atom is 0.417 e. The van der Waals surface area contributed by atoms with E-state index in [2.05, 4.69) is 15.2 Å². The van der Waals surface area contributed by atoms with E-state index >= 15 is 0 Å². The molecule has 3 fully saturated rings. The van der Waals surface area contributed by atoms with Crippen molar-refractivity contribution < 1.29 is 22.4 Å². The number of alkyl halides is 4. The summed E-state index contributed by atoms with van der Waals surface area (Å²) in [4.78, 5) is 22.4. The highest BCUT2D eigenvalue weighted by Gasteiger charge is 2.38. The highest BCUT2D eigenvalue weighted by atomic mass is 19.4. The van der Waals surface area contributed by atoms with Crippen LogP contribution in [0.1, 0.15) is 18.4 Å². The fraction of sp³-hybridized carbons (Fsp3) is 0.684. The third-order valence-corrected chi connectivity index (χ3v) is 6.08. The van der Waals surface area contributed by atoms with Gasteiger partial charge < -0.3 is 15.1 Å². The van der Waals surface area contributed by atoms with Gasteiger partial charge in [-0.25, -0.2) is 9.37 Å². The van der Waals surface area contributed by atoms with E-state index in [0.717, 1.165) is 25.4 Å². The average Bonchev–Trinajstić information content (AvgIpc) is 3.36. The summed E-state index contributed by atoms with van der Waals surface area (Å²) in [5.41, 5.74) is -0.746. The molecule has 3 atom stereocenters. The van der Waals surface area contributed by atoms with E-state index in [-0.39, 0.29) is 24.5 Å². The Labute approximate surface area is 166 Å². The van der Waals surface area contributed by atoms with Gasteiger partial charge in [-0.3, -0.25) is 9.69 Å². The Bertz CT molecular complexity index is 720. The fourth-order valence-corrected chi connectivity index (χ4v) is 4.38. The minimum absolute atomic E-state index is 0.0137. The number of rotatable bonds is 3. The minimum atomic E-state index is -4.38. The third-order valence-electron chi connectivity index (χ3n) is 6.08. The largest absolute Gasteiger partial charge is 0.417 e. The molecule has 4 heterocycles. The molecule has 1 N–H and O–H groups in total. The van der Waals surface area contributed by atoms with E-state index in [0.29, 0.717) is 44.8 Å². The SMILES string of the molecule is O=C([C@@H]1C[C@H](N2CCN(c3ccc(C(F)(F)F)cn3)CC2)CN1)N1CCC(F)C1. The van der Waals surface area contributed by atoms with Gasteiger partial charge in [0.25, 0.3) is 0 Å². The zero-order chi connectivity index (χ0) is 20.6. The maximum absolute atomic E-state index is 13.4. The molecule has 3 saturated heterocycles. The number of nitrogens with zero attached hydrogens (tertiary/aromatic N) is 4. The number of carbonyl (C=O) groups is 1. The van der Waals surface area contributed by atoms with E-state index in [4.69, 9.17) is 0 Å². The summed E-state index contributed by atoms with van der Waals surface area (Å²) in [5, 5.41) is 3.27. The van der Waals surface area contributed by atoms with Crippen molar-refractivity contribution in [2.45, 2.75) is 37.3 Å². The number of aromatic nitrogens is 1. The first-order chi connectivity index (χ1) is 13.8. The maximum atomic E-state index is 13.4. The lowest BCUT2D eigenvalue weighted by Crippen LogP contribution is -2.51. The molecule has 0 saturated carbocycles. The number of amides is 1. The fourth-order valence-electron chi connectivity index (χ4n) is 4.38. The van der Waals surface area contributed by atoms with Gasteiger partial charge in [0.2, 0.25) is 5.91 Å². The second-order valence-corrected chi connectivity index (χ2v) is 7.95. The van der Waals surface area contributed by atoms with Crippen LogP contribution < -0.4 is 10.2 Å². The normalized spacial score (nSPS) is 28.9. The predicted molar refractivity (Wildman–Crippen MR) is 99.3 cm³/mol. The molecule has 0 radical (unpaired) electrons. The first kappa shape index (κ1) is 20.3. The number of likely N-dealkylation sites (tertiary alicyclic amines) is 1. The third kappa shape index (κ3) is 4.48. The summed E-state index contributed by atoms with van der Waals surface area (Å²) in [6.07, 6.45) is -3.30. The number of anilines is 1. The van der Waals surface area contributed by atoms with Gasteiger partial charge in [-0.1, -0.05) is 0 Å². The summed E-state index contributed by atoms with van der Waals surface area (Å²) in [5.74, 6) is 0.533. The number of hydrogen-bond donors (Lipinski definition) is 1. The van der Waals surface area contributed by atoms with Crippen molar-refractivity contribution in [1.29, 1.82) is 0 Å². The number of carbonyl (C=O) groups excluding carboxylic acids is 1. The predicted octanol–water partition coefficient (Wildman–Crippen LogP) is 1.52. The Morgan fingerprint density at radius 2 is 1.90 bits per heavy atom. The molecule has 0 aromatic carbocycles. The molecular formula is C19H25F4N5O. The Morgan fingerprint density at radius 3 is 2.48 bits per heavy atom. The van der Waals surface area contributed by atoms with Crippen LogP contribution in [0.3, 0.4) is 0 Å². The van der Waals surface area contributed by atoms with Gasteiger partial charge in [0, 0.05) is 51.5 Å². The van der Waals surface area contributed by atoms with Gasteiger partial charge in [0.05, 0.1) is 18.2 Å². The molecule has 1 amide bonds. The van der Waals surface area contributed by atoms with Crippen molar-refractivity contribution in [3.8, 4) is 0 Å². The molecule has 160 valence electrons. The topological polar surface area (TPSA) is 51.7 Å². The highest BCUT2D eigenvalue weighted by Crippen LogP contribution is 2.29. The molecule has 6 nitrogen and oxygen atoms in total. The van der Waals surface area contributed by atoms with Gasteiger partial charge in [-0.05, 0) is 25.0 Å². The van der Waals surface area contributed by atoms with Crippen LogP contribution in [0.25, 0.3) is 0 Å². The van der Waals surface area contributed by atoms with E-state index in [1.54, 1.807) is 4.90 Å². The first-order valence-electron chi connectivity index (χ1n) is 10.00. The first-order valence-corrected chi connectivity index (χ1v) is 10.00. The standard InChI is InChI=1S/C19H25F4N5O/c20-14-3-4-28(12-14)18(29)16-9-15(11-24-16)26-5-7-27(8-6-26)17-2-1-13(10-25-17)19(21,22)23/h1-2,10,14-16,24H,3-9,11-12H2/t14?,15-,16-/m0/s1. The van der Waals surface area contributed by atoms with Crippen molar-refractivity contribution in [3.05, 3.63) is 23.9 Å². The number of nitrogens with one attached hydrogen (secondary N) is 1. The van der Waals surface area contributed by atoms with Crippen LogP contribution in [0.4, 0.5) is 23.4 Å². The Kier molecular flexibility index (Phi) is 5.65. The Balaban J connectivity index is 1.27. The van der Waals surface area contributed by atoms with Gasteiger partial charge in [0.15, 0.2) is 0 Å². The molecule has 0 aliphatic carbocycles. The summed E-state index contributed by atoms with van der Waals surface area (Å²) in [6.45, 7) is 4.24. The minimum Gasteiger partial charge on any atom is -0.354 e. The lowest BCUT2D eigenvalue weighted by atomic mass is 10.1.